The van der Waals surface area contributed by atoms with Crippen molar-refractivity contribution in [2.45, 2.75) is 6.92 Å². The van der Waals surface area contributed by atoms with Crippen molar-refractivity contribution in [3.63, 3.8) is 0 Å². The molecule has 3 heterocycles. The van der Waals surface area contributed by atoms with Gasteiger partial charge in [-0.3, -0.25) is 4.57 Å². The number of nitrogens with zero attached hydrogens (tertiary/aromatic N) is 4. The number of fused-ring (bicyclic) bond motifs is 4. The lowest BCUT2D eigenvalue weighted by Crippen LogP contribution is -2.74. The maximum Gasteiger partial charge on any atom is 0.255 e. The van der Waals surface area contributed by atoms with Crippen molar-refractivity contribution in [2.75, 3.05) is 0 Å². The molecule has 10 aromatic rings. The normalized spacial score (nSPS) is 11.8. The zero-order valence-corrected chi connectivity index (χ0v) is 30.9. The van der Waals surface area contributed by atoms with Gasteiger partial charge in [-0.1, -0.05) is 133 Å². The Balaban J connectivity index is 1.28. The molecule has 5 heteroatoms. The van der Waals surface area contributed by atoms with Gasteiger partial charge in [0.15, 0.2) is 19.1 Å². The van der Waals surface area contributed by atoms with Crippen LogP contribution < -0.4 is 25.3 Å². The van der Waals surface area contributed by atoms with Crippen LogP contribution in [0.5, 0.6) is 0 Å². The number of para-hydroxylation sites is 4. The molecule has 0 radical (unpaired) electrons. The maximum absolute atomic E-state index is 4.91. The Morgan fingerprint density at radius 1 is 0.481 bits per heavy atom. The molecule has 10 rings (SSSR count). The number of imidazole rings is 1. The minimum atomic E-state index is -2.94. The van der Waals surface area contributed by atoms with Gasteiger partial charge in [0.2, 0.25) is 0 Å². The van der Waals surface area contributed by atoms with Crippen LogP contribution in [0.15, 0.2) is 207 Å². The third-order valence-corrected chi connectivity index (χ3v) is 15.6. The molecule has 0 bridgehead atoms. The average Bonchev–Trinajstić information content (AvgIpc) is 3.79. The van der Waals surface area contributed by atoms with E-state index in [0.717, 1.165) is 39.3 Å². The van der Waals surface area contributed by atoms with E-state index in [1.54, 1.807) is 0 Å². The van der Waals surface area contributed by atoms with E-state index in [1.807, 2.05) is 6.20 Å². The van der Waals surface area contributed by atoms with Crippen LogP contribution in [0.3, 0.4) is 0 Å². The summed E-state index contributed by atoms with van der Waals surface area (Å²) in [7, 11) is -2.94. The Bertz CT molecular complexity index is 2910. The van der Waals surface area contributed by atoms with Crippen molar-refractivity contribution >= 4 is 61.7 Å². The second kappa shape index (κ2) is 13.0. The molecule has 0 unspecified atom stereocenters. The second-order valence-corrected chi connectivity index (χ2v) is 17.8. The van der Waals surface area contributed by atoms with Gasteiger partial charge in [-0.2, -0.15) is 9.13 Å². The summed E-state index contributed by atoms with van der Waals surface area (Å²) >= 11 is 0. The topological polar surface area (TPSA) is 26.6 Å². The molecular formula is C49H37N4Si+. The van der Waals surface area contributed by atoms with Gasteiger partial charge in [-0.05, 0) is 93.9 Å². The molecular weight excluding hydrogens is 673 g/mol. The lowest BCUT2D eigenvalue weighted by Gasteiger charge is -2.34. The van der Waals surface area contributed by atoms with E-state index in [1.165, 1.54) is 37.1 Å². The summed E-state index contributed by atoms with van der Waals surface area (Å²) in [6, 6.07) is 71.1. The van der Waals surface area contributed by atoms with E-state index < -0.39 is 8.07 Å². The average molecular weight is 710 g/mol. The van der Waals surface area contributed by atoms with E-state index in [-0.39, 0.29) is 0 Å². The fourth-order valence-corrected chi connectivity index (χ4v) is 13.3. The van der Waals surface area contributed by atoms with Gasteiger partial charge >= 0.3 is 0 Å². The summed E-state index contributed by atoms with van der Waals surface area (Å²) in [4.78, 5) is 4.91. The summed E-state index contributed by atoms with van der Waals surface area (Å²) in [6.45, 7) is 2.13. The van der Waals surface area contributed by atoms with Crippen LogP contribution in [-0.4, -0.2) is 22.2 Å². The van der Waals surface area contributed by atoms with Gasteiger partial charge in [0, 0.05) is 17.0 Å². The number of pyridine rings is 1. The van der Waals surface area contributed by atoms with E-state index >= 15 is 0 Å². The highest BCUT2D eigenvalue weighted by atomic mass is 28.3. The van der Waals surface area contributed by atoms with Crippen LogP contribution in [0.1, 0.15) is 5.56 Å². The summed E-state index contributed by atoms with van der Waals surface area (Å²) in [5, 5.41) is 7.75. The molecule has 3 aromatic heterocycles. The summed E-state index contributed by atoms with van der Waals surface area (Å²) in [6.07, 6.45) is 4.15. The molecule has 0 saturated heterocycles. The molecule has 0 N–H and O–H groups in total. The van der Waals surface area contributed by atoms with Gasteiger partial charge in [0.05, 0.1) is 11.0 Å². The fourth-order valence-electron chi connectivity index (χ4n) is 8.47. The van der Waals surface area contributed by atoms with Crippen molar-refractivity contribution in [3.8, 4) is 17.2 Å². The van der Waals surface area contributed by atoms with Crippen LogP contribution in [0.4, 0.5) is 0 Å². The Morgan fingerprint density at radius 2 is 1.09 bits per heavy atom. The number of aryl methyl sites for hydroxylation is 1. The van der Waals surface area contributed by atoms with Gasteiger partial charge in [-0.15, -0.1) is 0 Å². The van der Waals surface area contributed by atoms with Crippen molar-refractivity contribution in [3.05, 3.63) is 212 Å². The zero-order chi connectivity index (χ0) is 36.1. The molecule has 256 valence electrons. The molecule has 0 amide bonds. The minimum absolute atomic E-state index is 0.929. The maximum atomic E-state index is 4.91. The number of benzene rings is 7. The third kappa shape index (κ3) is 5.05. The molecule has 0 spiro atoms. The van der Waals surface area contributed by atoms with Crippen LogP contribution in [0.2, 0.25) is 0 Å². The fraction of sp³-hybridized carbons (Fsp3) is 0.0204. The highest BCUT2D eigenvalue weighted by Crippen LogP contribution is 2.32. The lowest BCUT2D eigenvalue weighted by molar-refractivity contribution is -0.567. The van der Waals surface area contributed by atoms with Crippen molar-refractivity contribution < 1.29 is 4.57 Å². The predicted octanol–water partition coefficient (Wildman–Crippen LogP) is 8.09. The molecule has 4 nitrogen and oxygen atoms in total. The largest absolute Gasteiger partial charge is 0.294 e. The quantitative estimate of drug-likeness (QED) is 0.0934. The number of aromatic nitrogens is 4. The van der Waals surface area contributed by atoms with Crippen molar-refractivity contribution in [2.24, 2.45) is 0 Å². The van der Waals surface area contributed by atoms with E-state index in [9.17, 15) is 0 Å². The second-order valence-electron chi connectivity index (χ2n) is 14.0. The van der Waals surface area contributed by atoms with Crippen LogP contribution in [-0.2, 0) is 0 Å². The Labute approximate surface area is 315 Å². The molecule has 0 aliphatic heterocycles. The first kappa shape index (κ1) is 31.9. The highest BCUT2D eigenvalue weighted by Gasteiger charge is 2.42. The predicted molar refractivity (Wildman–Crippen MR) is 225 cm³/mol. The smallest absolute Gasteiger partial charge is 0.255 e. The Hall–Kier alpha value is -6.82. The molecule has 0 aliphatic carbocycles. The third-order valence-electron chi connectivity index (χ3n) is 10.9. The van der Waals surface area contributed by atoms with Gasteiger partial charge < -0.3 is 0 Å². The van der Waals surface area contributed by atoms with E-state index in [2.05, 4.69) is 221 Å². The molecule has 0 fully saturated rings. The van der Waals surface area contributed by atoms with Crippen molar-refractivity contribution in [1.82, 2.24) is 14.1 Å². The van der Waals surface area contributed by atoms with E-state index in [4.69, 9.17) is 4.98 Å². The first-order valence-electron chi connectivity index (χ1n) is 18.5. The summed E-state index contributed by atoms with van der Waals surface area (Å²) in [5.41, 5.74) is 8.07. The van der Waals surface area contributed by atoms with Gasteiger partial charge in [-0.25, -0.2) is 4.98 Å². The lowest BCUT2D eigenvalue weighted by atomic mass is 10.1. The molecule has 0 aliphatic rings. The number of hydrogen-bond donors (Lipinski definition) is 0. The van der Waals surface area contributed by atoms with E-state index in [0.29, 0.717) is 0 Å². The number of rotatable bonds is 7. The van der Waals surface area contributed by atoms with Crippen molar-refractivity contribution in [1.29, 1.82) is 0 Å². The molecule has 7 aromatic carbocycles. The number of hydrogen-bond acceptors (Lipinski definition) is 1. The minimum Gasteiger partial charge on any atom is -0.294 e. The standard InChI is InChI=1S/C49H37N4Si/c1-36-30-31-50-49(32-36)53-45-25-12-11-24-43(45)44-29-28-42(34-48(44)53)54(39-19-7-3-8-20-39,40-21-9-4-10-22-40)41-23-15-18-38(33-41)52-35-51(37-16-5-2-6-17-37)46-26-13-14-27-47(46)52/h2-35H,1H3/q+1. The monoisotopic (exact) mass is 709 g/mol. The first-order valence-corrected chi connectivity index (χ1v) is 20.5. The first-order chi connectivity index (χ1) is 26.7. The summed E-state index contributed by atoms with van der Waals surface area (Å²) < 4.78 is 6.97. The van der Waals surface area contributed by atoms with Gasteiger partial charge in [0.1, 0.15) is 17.2 Å². The van der Waals surface area contributed by atoms with Crippen LogP contribution in [0, 0.1) is 6.92 Å². The Morgan fingerprint density at radius 3 is 1.83 bits per heavy atom. The molecule has 0 atom stereocenters. The summed E-state index contributed by atoms with van der Waals surface area (Å²) in [5.74, 6) is 0.929. The molecule has 54 heavy (non-hydrogen) atoms. The van der Waals surface area contributed by atoms with Gasteiger partial charge in [0.25, 0.3) is 6.33 Å². The SMILES string of the molecule is Cc1ccnc(-n2c3ccccc3c3ccc([Si](c4ccccc4)(c4ccccc4)c4cccc(-n5c[n+](-c6ccccc6)c6ccccc65)c4)cc32)c1. The Kier molecular flexibility index (Phi) is 7.67. The van der Waals surface area contributed by atoms with Crippen LogP contribution >= 0.6 is 0 Å². The molecule has 0 saturated carbocycles. The highest BCUT2D eigenvalue weighted by molar-refractivity contribution is 7.20. The van der Waals surface area contributed by atoms with Crippen LogP contribution in [0.25, 0.3) is 50.0 Å². The zero-order valence-electron chi connectivity index (χ0n) is 29.9.